The van der Waals surface area contributed by atoms with Crippen molar-refractivity contribution in [2.45, 2.75) is 26.4 Å². The van der Waals surface area contributed by atoms with Gasteiger partial charge >= 0.3 is 0 Å². The van der Waals surface area contributed by atoms with Crippen LogP contribution in [0.3, 0.4) is 0 Å². The zero-order valence-corrected chi connectivity index (χ0v) is 12.7. The highest BCUT2D eigenvalue weighted by Gasteiger charge is 2.22. The van der Waals surface area contributed by atoms with E-state index in [1.807, 2.05) is 43.0 Å². The number of amides is 1. The van der Waals surface area contributed by atoms with Crippen LogP contribution in [0.25, 0.3) is 0 Å². The Labute approximate surface area is 129 Å². The Morgan fingerprint density at radius 1 is 1.41 bits per heavy atom. The van der Waals surface area contributed by atoms with E-state index in [2.05, 4.69) is 5.10 Å². The molecule has 0 bridgehead atoms. The first kappa shape index (κ1) is 14.4. The lowest BCUT2D eigenvalue weighted by Crippen LogP contribution is -2.35. The van der Waals surface area contributed by atoms with Crippen molar-refractivity contribution >= 4 is 5.91 Å². The first-order valence-electron chi connectivity index (χ1n) is 7.35. The summed E-state index contributed by atoms with van der Waals surface area (Å²) in [6.45, 7) is 5.26. The number of aromatic nitrogens is 2. The van der Waals surface area contributed by atoms with Crippen molar-refractivity contribution < 1.29 is 14.3 Å². The van der Waals surface area contributed by atoms with E-state index < -0.39 is 0 Å². The number of benzene rings is 1. The number of hydrogen-bond acceptors (Lipinski definition) is 4. The molecule has 1 aromatic carbocycles. The first-order chi connectivity index (χ1) is 10.7. The van der Waals surface area contributed by atoms with E-state index in [0.29, 0.717) is 13.1 Å². The molecule has 3 rings (SSSR count). The largest absolute Gasteiger partial charge is 0.454 e. The van der Waals surface area contributed by atoms with E-state index in [1.165, 1.54) is 0 Å². The van der Waals surface area contributed by atoms with Gasteiger partial charge in [0.25, 0.3) is 0 Å². The zero-order valence-electron chi connectivity index (χ0n) is 12.7. The number of ether oxygens (including phenoxy) is 2. The molecule has 0 saturated carbocycles. The van der Waals surface area contributed by atoms with Gasteiger partial charge in [-0.15, -0.1) is 0 Å². The van der Waals surface area contributed by atoms with Crippen LogP contribution in [0.5, 0.6) is 11.5 Å². The number of likely N-dealkylation sites (N-methyl/N-ethyl adjacent to an activating group) is 1. The SMILES string of the molecule is CCN(Cc1ccc2c(c1)OCO2)C(=O)C(C)n1cccn1. The van der Waals surface area contributed by atoms with Crippen molar-refractivity contribution in [3.05, 3.63) is 42.2 Å². The summed E-state index contributed by atoms with van der Waals surface area (Å²) in [6.07, 6.45) is 3.48. The summed E-state index contributed by atoms with van der Waals surface area (Å²) < 4.78 is 12.4. The normalized spacial score (nSPS) is 13.9. The molecule has 6 nitrogen and oxygen atoms in total. The molecule has 1 amide bonds. The Kier molecular flexibility index (Phi) is 4.00. The fraction of sp³-hybridized carbons (Fsp3) is 0.375. The van der Waals surface area contributed by atoms with E-state index >= 15 is 0 Å². The van der Waals surface area contributed by atoms with Gasteiger partial charge < -0.3 is 14.4 Å². The summed E-state index contributed by atoms with van der Waals surface area (Å²) >= 11 is 0. The molecule has 2 heterocycles. The molecule has 1 aliphatic heterocycles. The van der Waals surface area contributed by atoms with E-state index in [1.54, 1.807) is 17.1 Å². The molecule has 0 radical (unpaired) electrons. The topological polar surface area (TPSA) is 56.6 Å². The van der Waals surface area contributed by atoms with Gasteiger partial charge in [-0.25, -0.2) is 0 Å². The van der Waals surface area contributed by atoms with Crippen molar-refractivity contribution in [1.82, 2.24) is 14.7 Å². The molecule has 0 fully saturated rings. The third-order valence-electron chi connectivity index (χ3n) is 3.78. The van der Waals surface area contributed by atoms with Crippen LogP contribution in [0.2, 0.25) is 0 Å². The number of hydrogen-bond donors (Lipinski definition) is 0. The van der Waals surface area contributed by atoms with Crippen molar-refractivity contribution in [3.63, 3.8) is 0 Å². The minimum atomic E-state index is -0.316. The first-order valence-corrected chi connectivity index (χ1v) is 7.35. The maximum Gasteiger partial charge on any atom is 0.247 e. The minimum absolute atomic E-state index is 0.0452. The van der Waals surface area contributed by atoms with Gasteiger partial charge in [-0.2, -0.15) is 5.10 Å². The van der Waals surface area contributed by atoms with Crippen LogP contribution in [0.15, 0.2) is 36.7 Å². The Balaban J connectivity index is 1.73. The van der Waals surface area contributed by atoms with E-state index in [4.69, 9.17) is 9.47 Å². The highest BCUT2D eigenvalue weighted by molar-refractivity contribution is 5.80. The number of fused-ring (bicyclic) bond motifs is 1. The highest BCUT2D eigenvalue weighted by atomic mass is 16.7. The van der Waals surface area contributed by atoms with E-state index in [-0.39, 0.29) is 18.7 Å². The Bertz CT molecular complexity index is 655. The van der Waals surface area contributed by atoms with Gasteiger partial charge in [0.05, 0.1) is 0 Å². The Morgan fingerprint density at radius 2 is 2.23 bits per heavy atom. The number of carbonyl (C=O) groups is 1. The summed E-state index contributed by atoms with van der Waals surface area (Å²) in [5.41, 5.74) is 1.02. The van der Waals surface area contributed by atoms with Crippen molar-refractivity contribution in [1.29, 1.82) is 0 Å². The molecule has 6 heteroatoms. The molecular weight excluding hydrogens is 282 g/mol. The summed E-state index contributed by atoms with van der Waals surface area (Å²) in [4.78, 5) is 14.4. The molecule has 0 N–H and O–H groups in total. The molecule has 1 atom stereocenters. The van der Waals surface area contributed by atoms with Crippen LogP contribution in [0.1, 0.15) is 25.5 Å². The standard InChI is InChI=1S/C16H19N3O3/c1-3-18(16(20)12(2)19-8-4-7-17-19)10-13-5-6-14-15(9-13)22-11-21-14/h4-9,12H,3,10-11H2,1-2H3. The average Bonchev–Trinajstić information content (AvgIpc) is 3.21. The lowest BCUT2D eigenvalue weighted by Gasteiger charge is -2.24. The van der Waals surface area contributed by atoms with Crippen molar-refractivity contribution in [3.8, 4) is 11.5 Å². The summed E-state index contributed by atoms with van der Waals surface area (Å²) in [7, 11) is 0. The van der Waals surface area contributed by atoms with Gasteiger partial charge in [-0.1, -0.05) is 6.07 Å². The van der Waals surface area contributed by atoms with Gasteiger partial charge in [-0.05, 0) is 37.6 Å². The predicted molar refractivity (Wildman–Crippen MR) is 80.6 cm³/mol. The van der Waals surface area contributed by atoms with Gasteiger partial charge in [0.1, 0.15) is 6.04 Å². The Morgan fingerprint density at radius 3 is 2.95 bits per heavy atom. The molecule has 0 aliphatic carbocycles. The molecule has 0 saturated heterocycles. The summed E-state index contributed by atoms with van der Waals surface area (Å²) in [6, 6.07) is 7.27. The van der Waals surface area contributed by atoms with Crippen LogP contribution in [0.4, 0.5) is 0 Å². The fourth-order valence-electron chi connectivity index (χ4n) is 2.49. The van der Waals surface area contributed by atoms with Gasteiger partial charge in [0.15, 0.2) is 11.5 Å². The lowest BCUT2D eigenvalue weighted by molar-refractivity contribution is -0.135. The quantitative estimate of drug-likeness (QED) is 0.849. The maximum absolute atomic E-state index is 12.6. The number of carbonyl (C=O) groups excluding carboxylic acids is 1. The third kappa shape index (κ3) is 2.77. The van der Waals surface area contributed by atoms with Crippen LogP contribution in [-0.4, -0.2) is 33.9 Å². The summed E-state index contributed by atoms with van der Waals surface area (Å²) in [5.74, 6) is 1.54. The zero-order chi connectivity index (χ0) is 15.5. The summed E-state index contributed by atoms with van der Waals surface area (Å²) in [5, 5.41) is 4.14. The molecule has 1 unspecified atom stereocenters. The smallest absolute Gasteiger partial charge is 0.247 e. The third-order valence-corrected chi connectivity index (χ3v) is 3.78. The van der Waals surface area contributed by atoms with Crippen LogP contribution < -0.4 is 9.47 Å². The average molecular weight is 301 g/mol. The molecule has 2 aromatic rings. The van der Waals surface area contributed by atoms with Gasteiger partial charge in [-0.3, -0.25) is 9.48 Å². The monoisotopic (exact) mass is 301 g/mol. The van der Waals surface area contributed by atoms with Crippen molar-refractivity contribution in [2.24, 2.45) is 0 Å². The lowest BCUT2D eigenvalue weighted by atomic mass is 10.1. The van der Waals surface area contributed by atoms with Gasteiger partial charge in [0, 0.05) is 25.5 Å². The Hall–Kier alpha value is -2.50. The number of rotatable bonds is 5. The fourth-order valence-corrected chi connectivity index (χ4v) is 2.49. The van der Waals surface area contributed by atoms with Gasteiger partial charge in [0.2, 0.25) is 12.7 Å². The molecule has 22 heavy (non-hydrogen) atoms. The van der Waals surface area contributed by atoms with E-state index in [9.17, 15) is 4.79 Å². The molecule has 0 spiro atoms. The minimum Gasteiger partial charge on any atom is -0.454 e. The predicted octanol–water partition coefficient (Wildman–Crippen LogP) is 2.22. The molecular formula is C16H19N3O3. The van der Waals surface area contributed by atoms with Crippen molar-refractivity contribution in [2.75, 3.05) is 13.3 Å². The second-order valence-corrected chi connectivity index (χ2v) is 5.20. The molecule has 1 aromatic heterocycles. The highest BCUT2D eigenvalue weighted by Crippen LogP contribution is 2.32. The molecule has 1 aliphatic rings. The second-order valence-electron chi connectivity index (χ2n) is 5.20. The van der Waals surface area contributed by atoms with Crippen LogP contribution >= 0.6 is 0 Å². The van der Waals surface area contributed by atoms with Crippen LogP contribution in [0, 0.1) is 0 Å². The van der Waals surface area contributed by atoms with Crippen LogP contribution in [-0.2, 0) is 11.3 Å². The maximum atomic E-state index is 12.6. The molecule has 116 valence electrons. The van der Waals surface area contributed by atoms with E-state index in [0.717, 1.165) is 17.1 Å². The number of nitrogens with zero attached hydrogens (tertiary/aromatic N) is 3. The second kappa shape index (κ2) is 6.09.